The Kier molecular flexibility index (Phi) is 6.36. The summed E-state index contributed by atoms with van der Waals surface area (Å²) in [6.45, 7) is 0.177. The number of thioether (sulfide) groups is 1. The zero-order valence-corrected chi connectivity index (χ0v) is 16.1. The fourth-order valence-corrected chi connectivity index (χ4v) is 3.03. The molecular weight excluding hydrogens is 388 g/mol. The zero-order chi connectivity index (χ0) is 19.2. The molecule has 8 heteroatoms. The second-order valence-corrected chi connectivity index (χ2v) is 6.88. The highest BCUT2D eigenvalue weighted by atomic mass is 35.5. The summed E-state index contributed by atoms with van der Waals surface area (Å²) in [5.41, 5.74) is 1.43. The van der Waals surface area contributed by atoms with Crippen molar-refractivity contribution < 1.29 is 18.7 Å². The van der Waals surface area contributed by atoms with E-state index < -0.39 is 5.97 Å². The van der Waals surface area contributed by atoms with Crippen LogP contribution in [0, 0.1) is 0 Å². The summed E-state index contributed by atoms with van der Waals surface area (Å²) < 4.78 is 10.2. The average Bonchev–Trinajstić information content (AvgIpc) is 3.20. The van der Waals surface area contributed by atoms with E-state index in [-0.39, 0.29) is 31.2 Å². The lowest BCUT2D eigenvalue weighted by atomic mass is 10.2. The number of hydrogen-bond donors (Lipinski definition) is 1. The Hall–Kier alpha value is -2.51. The summed E-state index contributed by atoms with van der Waals surface area (Å²) in [6.07, 6.45) is 3.45. The predicted molar refractivity (Wildman–Crippen MR) is 104 cm³/mol. The second-order valence-electron chi connectivity index (χ2n) is 5.64. The van der Waals surface area contributed by atoms with Gasteiger partial charge in [-0.1, -0.05) is 17.7 Å². The number of fused-ring (bicyclic) bond motifs is 1. The molecule has 0 aliphatic heterocycles. The van der Waals surface area contributed by atoms with Gasteiger partial charge in [-0.15, -0.1) is 11.8 Å². The average molecular weight is 405 g/mol. The number of amides is 1. The van der Waals surface area contributed by atoms with E-state index in [0.29, 0.717) is 10.7 Å². The summed E-state index contributed by atoms with van der Waals surface area (Å²) in [5, 5.41) is 3.82. The number of benzene rings is 1. The molecule has 3 aromatic rings. The second kappa shape index (κ2) is 8.92. The van der Waals surface area contributed by atoms with Gasteiger partial charge in [0.2, 0.25) is 0 Å². The van der Waals surface area contributed by atoms with Gasteiger partial charge in [0, 0.05) is 22.4 Å². The molecule has 0 radical (unpaired) electrons. The van der Waals surface area contributed by atoms with Crippen molar-refractivity contribution in [2.45, 2.75) is 17.9 Å². The Balaban J connectivity index is 1.52. The topological polar surface area (TPSA) is 81.4 Å². The fourth-order valence-electron chi connectivity index (χ4n) is 2.40. The van der Waals surface area contributed by atoms with Gasteiger partial charge in [0.25, 0.3) is 5.91 Å². The molecule has 140 valence electrons. The molecular formula is C19H17ClN2O4S. The molecule has 0 saturated carbocycles. The number of rotatable bonds is 7. The molecule has 0 aliphatic carbocycles. The van der Waals surface area contributed by atoms with Crippen LogP contribution in [0.4, 0.5) is 0 Å². The van der Waals surface area contributed by atoms with Crippen LogP contribution in [-0.4, -0.2) is 29.7 Å². The normalized spacial score (nSPS) is 10.7. The van der Waals surface area contributed by atoms with Gasteiger partial charge in [-0.2, -0.15) is 0 Å². The van der Waals surface area contributed by atoms with Gasteiger partial charge in [0.05, 0.1) is 18.2 Å². The van der Waals surface area contributed by atoms with Crippen molar-refractivity contribution in [1.29, 1.82) is 0 Å². The number of ether oxygens (including phenoxy) is 1. The highest BCUT2D eigenvalue weighted by Crippen LogP contribution is 2.25. The van der Waals surface area contributed by atoms with Crippen LogP contribution in [0.3, 0.4) is 0 Å². The summed E-state index contributed by atoms with van der Waals surface area (Å²) >= 11 is 7.84. The third kappa shape index (κ3) is 5.02. The van der Waals surface area contributed by atoms with E-state index in [4.69, 9.17) is 20.8 Å². The van der Waals surface area contributed by atoms with Crippen LogP contribution in [0.2, 0.25) is 5.15 Å². The van der Waals surface area contributed by atoms with Gasteiger partial charge >= 0.3 is 5.97 Å². The van der Waals surface area contributed by atoms with Gasteiger partial charge in [-0.05, 0) is 36.6 Å². The molecule has 0 saturated heterocycles. The maximum atomic E-state index is 11.9. The van der Waals surface area contributed by atoms with Crippen molar-refractivity contribution in [3.05, 3.63) is 59.1 Å². The summed E-state index contributed by atoms with van der Waals surface area (Å²) in [5.74, 6) is -0.621. The first-order valence-corrected chi connectivity index (χ1v) is 9.77. The molecule has 1 aromatic carbocycles. The number of nitrogens with one attached hydrogen (secondary N) is 1. The van der Waals surface area contributed by atoms with Crippen LogP contribution in [0.25, 0.3) is 10.9 Å². The predicted octanol–water partition coefficient (Wildman–Crippen LogP) is 4.07. The Morgan fingerprint density at radius 3 is 2.89 bits per heavy atom. The molecule has 0 bridgehead atoms. The molecule has 6 nitrogen and oxygen atoms in total. The van der Waals surface area contributed by atoms with Crippen molar-refractivity contribution in [3.8, 4) is 0 Å². The van der Waals surface area contributed by atoms with Crippen LogP contribution >= 0.6 is 23.4 Å². The van der Waals surface area contributed by atoms with Crippen LogP contribution in [0.5, 0.6) is 0 Å². The Morgan fingerprint density at radius 1 is 1.30 bits per heavy atom. The number of esters is 1. The molecule has 0 spiro atoms. The molecule has 0 aliphatic rings. The first kappa shape index (κ1) is 19.3. The third-order valence-corrected chi connectivity index (χ3v) is 4.85. The molecule has 1 N–H and O–H groups in total. The van der Waals surface area contributed by atoms with E-state index in [2.05, 4.69) is 10.3 Å². The highest BCUT2D eigenvalue weighted by molar-refractivity contribution is 7.98. The van der Waals surface area contributed by atoms with E-state index in [1.807, 2.05) is 30.5 Å². The third-order valence-electron chi connectivity index (χ3n) is 3.80. The van der Waals surface area contributed by atoms with Gasteiger partial charge in [-0.25, -0.2) is 4.98 Å². The number of nitrogens with zero attached hydrogens (tertiary/aromatic N) is 1. The number of furan rings is 1. The molecule has 3 rings (SSSR count). The van der Waals surface area contributed by atoms with E-state index >= 15 is 0 Å². The van der Waals surface area contributed by atoms with Gasteiger partial charge in [0.1, 0.15) is 11.8 Å². The van der Waals surface area contributed by atoms with Crippen molar-refractivity contribution in [2.24, 2.45) is 0 Å². The quantitative estimate of drug-likeness (QED) is 0.363. The molecule has 27 heavy (non-hydrogen) atoms. The first-order chi connectivity index (χ1) is 13.1. The largest absolute Gasteiger partial charge is 0.461 e. The lowest BCUT2D eigenvalue weighted by molar-refractivity contribution is -0.144. The Labute approximate surface area is 165 Å². The maximum absolute atomic E-state index is 11.9. The minimum absolute atomic E-state index is 0.0248. The molecule has 2 aromatic heterocycles. The molecule has 1 amide bonds. The zero-order valence-electron chi connectivity index (χ0n) is 14.5. The number of halogens is 1. The van der Waals surface area contributed by atoms with Crippen molar-refractivity contribution in [1.82, 2.24) is 10.3 Å². The van der Waals surface area contributed by atoms with E-state index in [1.54, 1.807) is 23.9 Å². The smallest absolute Gasteiger partial charge is 0.307 e. The molecule has 0 fully saturated rings. The van der Waals surface area contributed by atoms with E-state index in [0.717, 1.165) is 15.8 Å². The number of carbonyl (C=O) groups is 2. The summed E-state index contributed by atoms with van der Waals surface area (Å²) in [6, 6.07) is 10.9. The molecule has 0 atom stereocenters. The van der Waals surface area contributed by atoms with Crippen LogP contribution in [0.15, 0.2) is 52.0 Å². The summed E-state index contributed by atoms with van der Waals surface area (Å²) in [4.78, 5) is 29.0. The van der Waals surface area contributed by atoms with Crippen molar-refractivity contribution in [3.63, 3.8) is 0 Å². The SMILES string of the molecule is CSc1ccc2cc(COC(=O)CCNC(=O)c3ccco3)c(Cl)nc2c1. The highest BCUT2D eigenvalue weighted by Gasteiger charge is 2.11. The van der Waals surface area contributed by atoms with Gasteiger partial charge in [-0.3, -0.25) is 9.59 Å². The van der Waals surface area contributed by atoms with E-state index in [9.17, 15) is 9.59 Å². The molecule has 2 heterocycles. The van der Waals surface area contributed by atoms with Crippen LogP contribution in [0.1, 0.15) is 22.5 Å². The maximum Gasteiger partial charge on any atom is 0.307 e. The standard InChI is InChI=1S/C19H17ClN2O4S/c1-27-14-5-4-12-9-13(18(20)22-15(12)10-14)11-26-17(23)6-7-21-19(24)16-3-2-8-25-16/h2-5,8-10H,6-7,11H2,1H3,(H,21,24). The van der Waals surface area contributed by atoms with Crippen LogP contribution in [-0.2, 0) is 16.1 Å². The number of hydrogen-bond acceptors (Lipinski definition) is 6. The van der Waals surface area contributed by atoms with Gasteiger partial charge < -0.3 is 14.5 Å². The van der Waals surface area contributed by atoms with Crippen LogP contribution < -0.4 is 5.32 Å². The minimum atomic E-state index is -0.441. The minimum Gasteiger partial charge on any atom is -0.461 e. The summed E-state index contributed by atoms with van der Waals surface area (Å²) in [7, 11) is 0. The first-order valence-electron chi connectivity index (χ1n) is 8.17. The number of pyridine rings is 1. The van der Waals surface area contributed by atoms with E-state index in [1.165, 1.54) is 6.26 Å². The molecule has 0 unspecified atom stereocenters. The Morgan fingerprint density at radius 2 is 2.15 bits per heavy atom. The fraction of sp³-hybridized carbons (Fsp3) is 0.211. The lowest BCUT2D eigenvalue weighted by Crippen LogP contribution is -2.26. The number of carbonyl (C=O) groups excluding carboxylic acids is 2. The van der Waals surface area contributed by atoms with Gasteiger partial charge in [0.15, 0.2) is 5.76 Å². The van der Waals surface area contributed by atoms with Crippen molar-refractivity contribution >= 4 is 46.1 Å². The van der Waals surface area contributed by atoms with Crippen molar-refractivity contribution in [2.75, 3.05) is 12.8 Å². The lowest BCUT2D eigenvalue weighted by Gasteiger charge is -2.09. The monoisotopic (exact) mass is 404 g/mol. The Bertz CT molecular complexity index is 960. The number of aromatic nitrogens is 1.